The molecule has 1 aromatic carbocycles. The van der Waals surface area contributed by atoms with Gasteiger partial charge in [-0.2, -0.15) is 0 Å². The van der Waals surface area contributed by atoms with Gasteiger partial charge in [0.2, 0.25) is 0 Å². The highest BCUT2D eigenvalue weighted by molar-refractivity contribution is 9.10. The minimum atomic E-state index is -0.734. The summed E-state index contributed by atoms with van der Waals surface area (Å²) in [6.45, 7) is 0. The zero-order valence-corrected chi connectivity index (χ0v) is 15.4. The summed E-state index contributed by atoms with van der Waals surface area (Å²) >= 11 is 3.50. The second-order valence-electron chi connectivity index (χ2n) is 6.71. The molecule has 4 rings (SSSR count). The average molecular weight is 404 g/mol. The lowest BCUT2D eigenvalue weighted by Crippen LogP contribution is -2.30. The van der Waals surface area contributed by atoms with E-state index in [-0.39, 0.29) is 17.6 Å². The Hall–Kier alpha value is -2.15. The molecule has 1 aliphatic rings. The van der Waals surface area contributed by atoms with Crippen LogP contribution < -0.4 is 5.69 Å². The molecule has 7 heteroatoms. The molecular formula is C18H18BrN3O3. The van der Waals surface area contributed by atoms with Crippen LogP contribution in [-0.4, -0.2) is 25.2 Å². The van der Waals surface area contributed by atoms with Crippen LogP contribution in [0.1, 0.15) is 31.7 Å². The van der Waals surface area contributed by atoms with E-state index in [0.717, 1.165) is 26.4 Å². The lowest BCUT2D eigenvalue weighted by molar-refractivity contribution is -0.143. The van der Waals surface area contributed by atoms with Gasteiger partial charge in [-0.15, -0.1) is 0 Å². The molecule has 2 aromatic heterocycles. The fourth-order valence-electron chi connectivity index (χ4n) is 3.92. The number of halogens is 1. The number of hydrogen-bond donors (Lipinski definition) is 1. The van der Waals surface area contributed by atoms with Crippen LogP contribution in [0.25, 0.3) is 21.9 Å². The van der Waals surface area contributed by atoms with Gasteiger partial charge >= 0.3 is 11.7 Å². The van der Waals surface area contributed by atoms with Crippen molar-refractivity contribution in [2.75, 3.05) is 0 Å². The molecule has 0 spiro atoms. The Morgan fingerprint density at radius 3 is 2.68 bits per heavy atom. The quantitative estimate of drug-likeness (QED) is 0.710. The zero-order chi connectivity index (χ0) is 17.7. The molecule has 1 aliphatic carbocycles. The van der Waals surface area contributed by atoms with E-state index < -0.39 is 5.97 Å². The summed E-state index contributed by atoms with van der Waals surface area (Å²) in [7, 11) is 1.76. The number of aryl methyl sites for hydroxylation is 1. The number of nitrogens with zero attached hydrogens (tertiary/aromatic N) is 3. The Bertz CT molecular complexity index is 1050. The van der Waals surface area contributed by atoms with Crippen molar-refractivity contribution in [3.8, 4) is 0 Å². The Kier molecular flexibility index (Phi) is 3.91. The van der Waals surface area contributed by atoms with E-state index in [0.29, 0.717) is 25.7 Å². The molecule has 0 atom stereocenters. The molecule has 0 saturated heterocycles. The highest BCUT2D eigenvalue weighted by Gasteiger charge is 2.29. The van der Waals surface area contributed by atoms with Crippen LogP contribution in [0, 0.1) is 5.92 Å². The molecule has 6 nitrogen and oxygen atoms in total. The normalized spacial score (nSPS) is 21.0. The fourth-order valence-corrected chi connectivity index (χ4v) is 4.28. The van der Waals surface area contributed by atoms with Gasteiger partial charge in [0, 0.05) is 22.9 Å². The van der Waals surface area contributed by atoms with Crippen LogP contribution in [0.4, 0.5) is 0 Å². The summed E-state index contributed by atoms with van der Waals surface area (Å²) in [6.07, 6.45) is 4.36. The monoisotopic (exact) mass is 403 g/mol. The van der Waals surface area contributed by atoms with E-state index in [1.54, 1.807) is 17.8 Å². The lowest BCUT2D eigenvalue weighted by atomic mass is 9.86. The predicted molar refractivity (Wildman–Crippen MR) is 98.8 cm³/mol. The van der Waals surface area contributed by atoms with Crippen LogP contribution in [0.3, 0.4) is 0 Å². The highest BCUT2D eigenvalue weighted by atomic mass is 79.9. The minimum Gasteiger partial charge on any atom is -0.481 e. The summed E-state index contributed by atoms with van der Waals surface area (Å²) in [5.74, 6) is -1.03. The van der Waals surface area contributed by atoms with Gasteiger partial charge in [-0.1, -0.05) is 15.9 Å². The molecule has 1 saturated carbocycles. The summed E-state index contributed by atoms with van der Waals surface area (Å²) in [4.78, 5) is 28.6. The summed E-state index contributed by atoms with van der Waals surface area (Å²) in [6, 6.07) is 5.88. The predicted octanol–water partition coefficient (Wildman–Crippen LogP) is 3.47. The van der Waals surface area contributed by atoms with Gasteiger partial charge in [-0.05, 0) is 43.9 Å². The second-order valence-corrected chi connectivity index (χ2v) is 7.62. The molecule has 0 radical (unpaired) electrons. The third kappa shape index (κ3) is 2.57. The molecule has 3 aromatic rings. The first kappa shape index (κ1) is 16.3. The van der Waals surface area contributed by atoms with Crippen LogP contribution in [0.2, 0.25) is 0 Å². The maximum absolute atomic E-state index is 12.9. The Morgan fingerprint density at radius 1 is 1.28 bits per heavy atom. The molecule has 130 valence electrons. The van der Waals surface area contributed by atoms with E-state index in [9.17, 15) is 14.7 Å². The molecule has 1 fully saturated rings. The highest BCUT2D eigenvalue weighted by Crippen LogP contribution is 2.35. The molecule has 0 unspecified atom stereocenters. The maximum Gasteiger partial charge on any atom is 0.329 e. The second kappa shape index (κ2) is 5.98. The van der Waals surface area contributed by atoms with E-state index in [1.807, 2.05) is 22.8 Å². The Balaban J connectivity index is 1.91. The number of carboxylic acids is 1. The largest absolute Gasteiger partial charge is 0.481 e. The standard InChI is InChI=1S/C18H18BrN3O3/c1-21-15-9-20-14-7-4-11(19)8-13(14)16(15)22(18(21)25)12-5-2-10(3-6-12)17(23)24/h4,7-10,12H,2-3,5-6H2,1H3,(H,23,24)/t10-,12-. The Labute approximate surface area is 152 Å². The maximum atomic E-state index is 12.9. The van der Waals surface area contributed by atoms with Crippen molar-refractivity contribution in [1.29, 1.82) is 0 Å². The van der Waals surface area contributed by atoms with Crippen LogP contribution in [0.15, 0.2) is 33.7 Å². The van der Waals surface area contributed by atoms with E-state index >= 15 is 0 Å². The fraction of sp³-hybridized carbons (Fsp3) is 0.389. The van der Waals surface area contributed by atoms with Gasteiger partial charge in [0.15, 0.2) is 0 Å². The van der Waals surface area contributed by atoms with E-state index in [1.165, 1.54) is 0 Å². The van der Waals surface area contributed by atoms with Crippen molar-refractivity contribution in [3.05, 3.63) is 39.4 Å². The zero-order valence-electron chi connectivity index (χ0n) is 13.8. The van der Waals surface area contributed by atoms with E-state index in [4.69, 9.17) is 0 Å². The minimum absolute atomic E-state index is 0.0244. The molecule has 0 amide bonds. The molecule has 2 heterocycles. The first-order valence-electron chi connectivity index (χ1n) is 8.35. The van der Waals surface area contributed by atoms with Crippen LogP contribution >= 0.6 is 15.9 Å². The van der Waals surface area contributed by atoms with Crippen LogP contribution in [-0.2, 0) is 11.8 Å². The van der Waals surface area contributed by atoms with Gasteiger partial charge in [0.25, 0.3) is 0 Å². The molecular weight excluding hydrogens is 386 g/mol. The van der Waals surface area contributed by atoms with Crippen molar-refractivity contribution >= 4 is 43.8 Å². The first-order chi connectivity index (χ1) is 12.0. The number of fused-ring (bicyclic) bond motifs is 3. The molecule has 25 heavy (non-hydrogen) atoms. The number of benzene rings is 1. The van der Waals surface area contributed by atoms with Gasteiger partial charge in [-0.25, -0.2) is 4.79 Å². The summed E-state index contributed by atoms with van der Waals surface area (Å²) in [5, 5.41) is 10.1. The number of carboxylic acid groups (broad SMARTS) is 1. The summed E-state index contributed by atoms with van der Waals surface area (Å²) < 4.78 is 4.42. The van der Waals surface area contributed by atoms with Crippen molar-refractivity contribution in [3.63, 3.8) is 0 Å². The third-order valence-corrected chi connectivity index (χ3v) is 5.78. The average Bonchev–Trinajstić information content (AvgIpc) is 2.86. The van der Waals surface area contributed by atoms with Crippen molar-refractivity contribution in [1.82, 2.24) is 14.1 Å². The van der Waals surface area contributed by atoms with Gasteiger partial charge in [0.05, 0.1) is 28.7 Å². The van der Waals surface area contributed by atoms with Gasteiger partial charge in [-0.3, -0.25) is 18.9 Å². The number of aliphatic carboxylic acids is 1. The lowest BCUT2D eigenvalue weighted by Gasteiger charge is -2.27. The molecule has 1 N–H and O–H groups in total. The smallest absolute Gasteiger partial charge is 0.329 e. The number of imidazole rings is 1. The Morgan fingerprint density at radius 2 is 2.00 bits per heavy atom. The SMILES string of the molecule is Cn1c(=O)n([C@H]2CC[C@H](C(=O)O)CC2)c2c3cc(Br)ccc3ncc21. The van der Waals surface area contributed by atoms with Gasteiger partial charge in [0.1, 0.15) is 0 Å². The summed E-state index contributed by atoms with van der Waals surface area (Å²) in [5.41, 5.74) is 2.46. The van der Waals surface area contributed by atoms with Crippen molar-refractivity contribution in [2.45, 2.75) is 31.7 Å². The number of rotatable bonds is 2. The molecule has 0 bridgehead atoms. The topological polar surface area (TPSA) is 77.1 Å². The third-order valence-electron chi connectivity index (χ3n) is 5.29. The number of pyridine rings is 1. The number of aromatic nitrogens is 3. The number of hydrogen-bond acceptors (Lipinski definition) is 3. The van der Waals surface area contributed by atoms with E-state index in [2.05, 4.69) is 20.9 Å². The van der Waals surface area contributed by atoms with Crippen molar-refractivity contribution in [2.24, 2.45) is 13.0 Å². The van der Waals surface area contributed by atoms with Crippen LogP contribution in [0.5, 0.6) is 0 Å². The first-order valence-corrected chi connectivity index (χ1v) is 9.14. The molecule has 0 aliphatic heterocycles. The van der Waals surface area contributed by atoms with Crippen molar-refractivity contribution < 1.29 is 9.90 Å². The number of carbonyl (C=O) groups is 1. The van der Waals surface area contributed by atoms with Gasteiger partial charge < -0.3 is 5.11 Å².